The third-order valence-corrected chi connectivity index (χ3v) is 3.35. The van der Waals surface area contributed by atoms with Crippen molar-refractivity contribution in [3.8, 4) is 0 Å². The first-order chi connectivity index (χ1) is 7.58. The first kappa shape index (κ1) is 11.4. The molecule has 4 nitrogen and oxygen atoms in total. The van der Waals surface area contributed by atoms with Gasteiger partial charge in [0.1, 0.15) is 0 Å². The highest BCUT2D eigenvalue weighted by atomic mass is 16.2. The van der Waals surface area contributed by atoms with Crippen LogP contribution in [0.5, 0.6) is 0 Å². The summed E-state index contributed by atoms with van der Waals surface area (Å²) in [4.78, 5) is 27.0. The van der Waals surface area contributed by atoms with Crippen molar-refractivity contribution in [3.63, 3.8) is 0 Å². The molecule has 2 saturated heterocycles. The Labute approximate surface area is 96.6 Å². The average Bonchev–Trinajstić information content (AvgIpc) is 2.48. The summed E-state index contributed by atoms with van der Waals surface area (Å²) in [5.41, 5.74) is 0. The lowest BCUT2D eigenvalue weighted by Crippen LogP contribution is -2.61. The van der Waals surface area contributed by atoms with Gasteiger partial charge in [0.05, 0.1) is 6.04 Å². The number of carbonyl (C=O) groups excluding carboxylic acids is 2. The maximum atomic E-state index is 11.7. The van der Waals surface area contributed by atoms with Gasteiger partial charge in [-0.15, -0.1) is 0 Å². The Kier molecular flexibility index (Phi) is 3.17. The van der Waals surface area contributed by atoms with Crippen molar-refractivity contribution in [2.75, 3.05) is 19.6 Å². The molecule has 0 radical (unpaired) electrons. The summed E-state index contributed by atoms with van der Waals surface area (Å²) in [7, 11) is 0. The highest BCUT2D eigenvalue weighted by molar-refractivity contribution is 5.80. The highest BCUT2D eigenvalue weighted by Gasteiger charge is 2.38. The summed E-state index contributed by atoms with van der Waals surface area (Å²) < 4.78 is 0. The van der Waals surface area contributed by atoms with Gasteiger partial charge in [0, 0.05) is 32.5 Å². The Hall–Kier alpha value is -1.06. The van der Waals surface area contributed by atoms with E-state index in [1.165, 1.54) is 0 Å². The summed E-state index contributed by atoms with van der Waals surface area (Å²) in [6, 6.07) is 0.297. The molecule has 16 heavy (non-hydrogen) atoms. The molecule has 0 aliphatic carbocycles. The second-order valence-corrected chi connectivity index (χ2v) is 5.24. The lowest BCUT2D eigenvalue weighted by molar-refractivity contribution is -0.144. The summed E-state index contributed by atoms with van der Waals surface area (Å²) in [5, 5.41) is 0. The Balaban J connectivity index is 1.77. The van der Waals surface area contributed by atoms with Crippen LogP contribution in [-0.2, 0) is 9.59 Å². The smallest absolute Gasteiger partial charge is 0.223 e. The minimum absolute atomic E-state index is 0.234. The summed E-state index contributed by atoms with van der Waals surface area (Å²) in [6.45, 7) is 6.49. The van der Waals surface area contributed by atoms with Crippen LogP contribution in [0, 0.1) is 5.92 Å². The maximum absolute atomic E-state index is 11.7. The van der Waals surface area contributed by atoms with E-state index < -0.39 is 0 Å². The van der Waals surface area contributed by atoms with Crippen LogP contribution in [0.1, 0.15) is 33.1 Å². The van der Waals surface area contributed by atoms with E-state index in [0.29, 0.717) is 24.8 Å². The van der Waals surface area contributed by atoms with E-state index in [-0.39, 0.29) is 11.8 Å². The average molecular weight is 224 g/mol. The number of amides is 2. The van der Waals surface area contributed by atoms with E-state index in [9.17, 15) is 9.59 Å². The fourth-order valence-corrected chi connectivity index (χ4v) is 2.39. The molecule has 2 aliphatic rings. The lowest BCUT2D eigenvalue weighted by atomic mass is 10.0. The summed E-state index contributed by atoms with van der Waals surface area (Å²) >= 11 is 0. The van der Waals surface area contributed by atoms with Gasteiger partial charge in [-0.2, -0.15) is 0 Å². The highest BCUT2D eigenvalue weighted by Crippen LogP contribution is 2.22. The number of hydrogen-bond acceptors (Lipinski definition) is 2. The van der Waals surface area contributed by atoms with Crippen LogP contribution in [0.15, 0.2) is 0 Å². The van der Waals surface area contributed by atoms with Crippen LogP contribution in [0.4, 0.5) is 0 Å². The van der Waals surface area contributed by atoms with Crippen molar-refractivity contribution < 1.29 is 9.59 Å². The van der Waals surface area contributed by atoms with Gasteiger partial charge in [-0.25, -0.2) is 0 Å². The Morgan fingerprint density at radius 1 is 1.44 bits per heavy atom. The SMILES string of the molecule is CC(C)CC(=O)N1CC(N2CCCC2=O)C1. The maximum Gasteiger partial charge on any atom is 0.223 e. The van der Waals surface area contributed by atoms with E-state index >= 15 is 0 Å². The standard InChI is InChI=1S/C12H20N2O2/c1-9(2)6-12(16)13-7-10(8-13)14-5-3-4-11(14)15/h9-10H,3-8H2,1-2H3. The number of rotatable bonds is 3. The zero-order chi connectivity index (χ0) is 11.7. The van der Waals surface area contributed by atoms with Crippen LogP contribution in [0.3, 0.4) is 0 Å². The third-order valence-electron chi connectivity index (χ3n) is 3.35. The molecule has 0 bridgehead atoms. The zero-order valence-electron chi connectivity index (χ0n) is 10.1. The number of likely N-dealkylation sites (tertiary alicyclic amines) is 2. The van der Waals surface area contributed by atoms with Crippen LogP contribution < -0.4 is 0 Å². The zero-order valence-corrected chi connectivity index (χ0v) is 10.1. The minimum atomic E-state index is 0.234. The molecule has 0 aromatic heterocycles. The molecule has 2 amide bonds. The minimum Gasteiger partial charge on any atom is -0.338 e. The second kappa shape index (κ2) is 4.44. The quantitative estimate of drug-likeness (QED) is 0.713. The Morgan fingerprint density at radius 3 is 2.62 bits per heavy atom. The topological polar surface area (TPSA) is 40.6 Å². The first-order valence-electron chi connectivity index (χ1n) is 6.15. The number of carbonyl (C=O) groups is 2. The molecule has 0 atom stereocenters. The summed E-state index contributed by atoms with van der Waals surface area (Å²) in [6.07, 6.45) is 2.30. The van der Waals surface area contributed by atoms with E-state index in [2.05, 4.69) is 13.8 Å². The van der Waals surface area contributed by atoms with Gasteiger partial charge in [-0.1, -0.05) is 13.8 Å². The van der Waals surface area contributed by atoms with Gasteiger partial charge in [0.15, 0.2) is 0 Å². The van der Waals surface area contributed by atoms with Crippen molar-refractivity contribution in [1.82, 2.24) is 9.80 Å². The number of nitrogens with zero attached hydrogens (tertiary/aromatic N) is 2. The predicted octanol–water partition coefficient (Wildman–Crippen LogP) is 0.866. The fourth-order valence-electron chi connectivity index (χ4n) is 2.39. The molecule has 0 N–H and O–H groups in total. The third kappa shape index (κ3) is 2.20. The Bertz CT molecular complexity index is 295. The van der Waals surface area contributed by atoms with Crippen molar-refractivity contribution in [1.29, 1.82) is 0 Å². The normalized spacial score (nSPS) is 21.8. The first-order valence-corrected chi connectivity index (χ1v) is 6.15. The lowest BCUT2D eigenvalue weighted by Gasteiger charge is -2.44. The van der Waals surface area contributed by atoms with Crippen molar-refractivity contribution >= 4 is 11.8 Å². The van der Waals surface area contributed by atoms with Gasteiger partial charge in [0.2, 0.25) is 11.8 Å². The second-order valence-electron chi connectivity index (χ2n) is 5.24. The van der Waals surface area contributed by atoms with Gasteiger partial charge in [-0.05, 0) is 12.3 Å². The van der Waals surface area contributed by atoms with Crippen LogP contribution in [0.2, 0.25) is 0 Å². The molecule has 90 valence electrons. The Morgan fingerprint density at radius 2 is 2.12 bits per heavy atom. The van der Waals surface area contributed by atoms with Crippen molar-refractivity contribution in [2.24, 2.45) is 5.92 Å². The molecule has 0 unspecified atom stereocenters. The van der Waals surface area contributed by atoms with Gasteiger partial charge < -0.3 is 9.80 Å². The van der Waals surface area contributed by atoms with Crippen LogP contribution in [-0.4, -0.2) is 47.3 Å². The predicted molar refractivity (Wildman–Crippen MR) is 60.8 cm³/mol. The van der Waals surface area contributed by atoms with E-state index in [4.69, 9.17) is 0 Å². The molecule has 2 fully saturated rings. The molecule has 0 spiro atoms. The van der Waals surface area contributed by atoms with Crippen molar-refractivity contribution in [3.05, 3.63) is 0 Å². The van der Waals surface area contributed by atoms with E-state index in [0.717, 1.165) is 26.1 Å². The number of hydrogen-bond donors (Lipinski definition) is 0. The molecule has 2 aliphatic heterocycles. The largest absolute Gasteiger partial charge is 0.338 e. The summed E-state index contributed by atoms with van der Waals surface area (Å²) in [5.74, 6) is 0.916. The van der Waals surface area contributed by atoms with Crippen LogP contribution >= 0.6 is 0 Å². The molecule has 0 aromatic carbocycles. The fraction of sp³-hybridized carbons (Fsp3) is 0.833. The molecule has 0 aromatic rings. The molecule has 4 heteroatoms. The molecule has 0 saturated carbocycles. The van der Waals surface area contributed by atoms with Gasteiger partial charge in [0.25, 0.3) is 0 Å². The van der Waals surface area contributed by atoms with E-state index in [1.54, 1.807) is 0 Å². The van der Waals surface area contributed by atoms with Gasteiger partial charge >= 0.3 is 0 Å². The van der Waals surface area contributed by atoms with Gasteiger partial charge in [-0.3, -0.25) is 9.59 Å². The molecule has 2 heterocycles. The molecule has 2 rings (SSSR count). The monoisotopic (exact) mass is 224 g/mol. The van der Waals surface area contributed by atoms with Crippen LogP contribution in [0.25, 0.3) is 0 Å². The molecular weight excluding hydrogens is 204 g/mol. The van der Waals surface area contributed by atoms with E-state index in [1.807, 2.05) is 9.80 Å². The van der Waals surface area contributed by atoms with Crippen molar-refractivity contribution in [2.45, 2.75) is 39.2 Å². The molecular formula is C12H20N2O2.